The third-order valence-corrected chi connectivity index (χ3v) is 4.09. The van der Waals surface area contributed by atoms with E-state index >= 15 is 0 Å². The highest BCUT2D eigenvalue weighted by atomic mass is 35.5. The Morgan fingerprint density at radius 3 is 2.48 bits per heavy atom. The summed E-state index contributed by atoms with van der Waals surface area (Å²) in [6.45, 7) is -0.291. The molecule has 140 valence electrons. The third-order valence-electron chi connectivity index (χ3n) is 3.84. The van der Waals surface area contributed by atoms with Crippen molar-refractivity contribution < 1.29 is 19.1 Å². The van der Waals surface area contributed by atoms with Gasteiger partial charge in [0.25, 0.3) is 11.8 Å². The molecular weight excluding hydrogens is 370 g/mol. The van der Waals surface area contributed by atoms with Crippen molar-refractivity contribution in [3.63, 3.8) is 0 Å². The minimum atomic E-state index is -0.523. The van der Waals surface area contributed by atoms with Gasteiger partial charge in [-0.3, -0.25) is 25.2 Å². The molecule has 2 aromatic rings. The van der Waals surface area contributed by atoms with Crippen molar-refractivity contribution >= 4 is 35.0 Å². The summed E-state index contributed by atoms with van der Waals surface area (Å²) in [6.07, 6.45) is 1.84. The maximum atomic E-state index is 11.9. The Morgan fingerprint density at radius 1 is 1.04 bits per heavy atom. The summed E-state index contributed by atoms with van der Waals surface area (Å²) in [6, 6.07) is 13.0. The van der Waals surface area contributed by atoms with E-state index in [0.29, 0.717) is 22.0 Å². The molecule has 3 rings (SSSR count). The summed E-state index contributed by atoms with van der Waals surface area (Å²) >= 11 is 5.76. The zero-order chi connectivity index (χ0) is 19.2. The number of hydrogen-bond donors (Lipinski definition) is 3. The monoisotopic (exact) mass is 387 g/mol. The summed E-state index contributed by atoms with van der Waals surface area (Å²) < 4.78 is 5.39. The van der Waals surface area contributed by atoms with Crippen molar-refractivity contribution in [2.24, 2.45) is 5.92 Å². The molecule has 1 fully saturated rings. The third kappa shape index (κ3) is 5.72. The van der Waals surface area contributed by atoms with Crippen LogP contribution in [-0.4, -0.2) is 24.3 Å². The Bertz CT molecular complexity index is 850. The van der Waals surface area contributed by atoms with Crippen molar-refractivity contribution in [2.45, 2.75) is 12.8 Å². The lowest BCUT2D eigenvalue weighted by Crippen LogP contribution is -2.43. The largest absolute Gasteiger partial charge is 0.484 e. The van der Waals surface area contributed by atoms with Gasteiger partial charge in [-0.1, -0.05) is 17.7 Å². The van der Waals surface area contributed by atoms with Gasteiger partial charge in [0.2, 0.25) is 5.91 Å². The fraction of sp³-hybridized carbons (Fsp3) is 0.211. The molecule has 0 unspecified atom stereocenters. The zero-order valence-corrected chi connectivity index (χ0v) is 15.1. The van der Waals surface area contributed by atoms with Gasteiger partial charge in [-0.05, 0) is 49.2 Å². The summed E-state index contributed by atoms with van der Waals surface area (Å²) in [5.41, 5.74) is 5.54. The van der Waals surface area contributed by atoms with Crippen LogP contribution in [0.1, 0.15) is 23.2 Å². The van der Waals surface area contributed by atoms with E-state index in [1.807, 2.05) is 0 Å². The smallest absolute Gasteiger partial charge is 0.276 e. The molecule has 0 atom stereocenters. The molecule has 0 saturated heterocycles. The van der Waals surface area contributed by atoms with Crippen LogP contribution in [0.2, 0.25) is 5.02 Å². The molecule has 0 bridgehead atoms. The van der Waals surface area contributed by atoms with E-state index in [4.69, 9.17) is 16.3 Å². The van der Waals surface area contributed by atoms with E-state index in [2.05, 4.69) is 16.2 Å². The van der Waals surface area contributed by atoms with Crippen molar-refractivity contribution in [2.75, 3.05) is 11.9 Å². The highest BCUT2D eigenvalue weighted by Crippen LogP contribution is 2.30. The van der Waals surface area contributed by atoms with Gasteiger partial charge in [-0.15, -0.1) is 0 Å². The average molecular weight is 388 g/mol. The zero-order valence-electron chi connectivity index (χ0n) is 14.3. The number of anilines is 1. The molecule has 0 heterocycles. The molecule has 0 aliphatic heterocycles. The van der Waals surface area contributed by atoms with E-state index in [-0.39, 0.29) is 18.4 Å². The lowest BCUT2D eigenvalue weighted by Gasteiger charge is -2.10. The molecular formula is C19H18ClN3O4. The van der Waals surface area contributed by atoms with E-state index < -0.39 is 11.8 Å². The molecule has 1 saturated carbocycles. The quantitative estimate of drug-likeness (QED) is 0.663. The second kappa shape index (κ2) is 8.55. The van der Waals surface area contributed by atoms with Gasteiger partial charge in [0.1, 0.15) is 5.75 Å². The number of nitrogens with one attached hydrogen (secondary N) is 3. The Morgan fingerprint density at radius 2 is 1.78 bits per heavy atom. The number of hydrazine groups is 1. The number of benzene rings is 2. The summed E-state index contributed by atoms with van der Waals surface area (Å²) in [5.74, 6) is -0.461. The van der Waals surface area contributed by atoms with Crippen LogP contribution in [0.15, 0.2) is 48.5 Å². The van der Waals surface area contributed by atoms with Crippen LogP contribution in [0.25, 0.3) is 0 Å². The number of carbonyl (C=O) groups is 3. The molecule has 7 nitrogen and oxygen atoms in total. The minimum Gasteiger partial charge on any atom is -0.484 e. The Hall–Kier alpha value is -3.06. The summed E-state index contributed by atoms with van der Waals surface area (Å²) in [5, 5.41) is 3.32. The first kappa shape index (κ1) is 18.7. The van der Waals surface area contributed by atoms with Crippen LogP contribution in [0.5, 0.6) is 5.75 Å². The standard InChI is InChI=1S/C19H18ClN3O4/c20-14-8-6-13(7-9-14)19(26)23-22-17(24)11-27-16-3-1-2-15(10-16)21-18(25)12-4-5-12/h1-3,6-10,12H,4-5,11H2,(H,21,25)(H,22,24)(H,23,26). The van der Waals surface area contributed by atoms with Gasteiger partial charge < -0.3 is 10.1 Å². The predicted octanol–water partition coefficient (Wildman–Crippen LogP) is 2.53. The first-order valence-corrected chi connectivity index (χ1v) is 8.77. The van der Waals surface area contributed by atoms with Crippen LogP contribution >= 0.6 is 11.6 Å². The van der Waals surface area contributed by atoms with Crippen LogP contribution < -0.4 is 20.9 Å². The molecule has 1 aliphatic rings. The van der Waals surface area contributed by atoms with Crippen LogP contribution in [0.3, 0.4) is 0 Å². The lowest BCUT2D eigenvalue weighted by molar-refractivity contribution is -0.123. The molecule has 3 amide bonds. The van der Waals surface area contributed by atoms with E-state index in [1.54, 1.807) is 48.5 Å². The van der Waals surface area contributed by atoms with Crippen LogP contribution in [0, 0.1) is 5.92 Å². The first-order chi connectivity index (χ1) is 13.0. The van der Waals surface area contributed by atoms with Crippen molar-refractivity contribution in [3.8, 4) is 5.75 Å². The van der Waals surface area contributed by atoms with Gasteiger partial charge in [-0.2, -0.15) is 0 Å². The first-order valence-electron chi connectivity index (χ1n) is 8.40. The van der Waals surface area contributed by atoms with Gasteiger partial charge in [0.15, 0.2) is 6.61 Å². The number of carbonyl (C=O) groups excluding carboxylic acids is 3. The fourth-order valence-corrected chi connectivity index (χ4v) is 2.36. The van der Waals surface area contributed by atoms with Gasteiger partial charge in [-0.25, -0.2) is 0 Å². The predicted molar refractivity (Wildman–Crippen MR) is 100 cm³/mol. The maximum Gasteiger partial charge on any atom is 0.276 e. The van der Waals surface area contributed by atoms with Crippen molar-refractivity contribution in [3.05, 3.63) is 59.1 Å². The Labute approximate surface area is 161 Å². The second-order valence-corrected chi connectivity index (χ2v) is 6.53. The Balaban J connectivity index is 1.44. The summed E-state index contributed by atoms with van der Waals surface area (Å²) in [4.78, 5) is 35.5. The highest BCUT2D eigenvalue weighted by Gasteiger charge is 2.29. The second-order valence-electron chi connectivity index (χ2n) is 6.09. The average Bonchev–Trinajstić information content (AvgIpc) is 3.50. The van der Waals surface area contributed by atoms with Crippen LogP contribution in [-0.2, 0) is 9.59 Å². The molecule has 0 aromatic heterocycles. The number of hydrogen-bond acceptors (Lipinski definition) is 4. The molecule has 2 aromatic carbocycles. The Kier molecular flexibility index (Phi) is 5.93. The molecule has 8 heteroatoms. The minimum absolute atomic E-state index is 0.00481. The van der Waals surface area contributed by atoms with Gasteiger partial charge in [0, 0.05) is 28.3 Å². The van der Waals surface area contributed by atoms with Crippen molar-refractivity contribution in [1.29, 1.82) is 0 Å². The SMILES string of the molecule is O=C(COc1cccc(NC(=O)C2CC2)c1)NNC(=O)c1ccc(Cl)cc1. The molecule has 0 spiro atoms. The molecule has 27 heavy (non-hydrogen) atoms. The molecule has 1 aliphatic carbocycles. The van der Waals surface area contributed by atoms with Gasteiger partial charge >= 0.3 is 0 Å². The van der Waals surface area contributed by atoms with Crippen LogP contribution in [0.4, 0.5) is 5.69 Å². The number of halogens is 1. The lowest BCUT2D eigenvalue weighted by atomic mass is 10.2. The van der Waals surface area contributed by atoms with E-state index in [0.717, 1.165) is 12.8 Å². The van der Waals surface area contributed by atoms with Crippen molar-refractivity contribution in [1.82, 2.24) is 10.9 Å². The maximum absolute atomic E-state index is 11.9. The normalized spacial score (nSPS) is 12.8. The van der Waals surface area contributed by atoms with E-state index in [1.165, 1.54) is 0 Å². The number of amides is 3. The topological polar surface area (TPSA) is 96.5 Å². The summed E-state index contributed by atoms with van der Waals surface area (Å²) in [7, 11) is 0. The molecule has 0 radical (unpaired) electrons. The number of ether oxygens (including phenoxy) is 1. The fourth-order valence-electron chi connectivity index (χ4n) is 2.24. The molecule has 3 N–H and O–H groups in total. The number of rotatable bonds is 6. The van der Waals surface area contributed by atoms with Gasteiger partial charge in [0.05, 0.1) is 0 Å². The van der Waals surface area contributed by atoms with E-state index in [9.17, 15) is 14.4 Å². The highest BCUT2D eigenvalue weighted by molar-refractivity contribution is 6.30.